The van der Waals surface area contributed by atoms with Crippen molar-refractivity contribution in [2.45, 2.75) is 13.0 Å². The third kappa shape index (κ3) is 2.24. The number of fused-ring (bicyclic) bond motifs is 1. The number of hydrogen-bond acceptors (Lipinski definition) is 2. The van der Waals surface area contributed by atoms with E-state index in [4.69, 9.17) is 12.2 Å². The van der Waals surface area contributed by atoms with Gasteiger partial charge in [0.1, 0.15) is 5.52 Å². The van der Waals surface area contributed by atoms with Gasteiger partial charge in [0.25, 0.3) is 0 Å². The summed E-state index contributed by atoms with van der Waals surface area (Å²) in [6, 6.07) is 2.22. The van der Waals surface area contributed by atoms with Crippen LogP contribution in [0.2, 0.25) is 0 Å². The van der Waals surface area contributed by atoms with Crippen molar-refractivity contribution >= 4 is 34.1 Å². The average Bonchev–Trinajstić information content (AvgIpc) is 2.60. The smallest absolute Gasteiger partial charge is 0.184 e. The fourth-order valence-corrected chi connectivity index (χ4v) is 3.20. The lowest BCUT2D eigenvalue weighted by Gasteiger charge is -2.13. The lowest BCUT2D eigenvalue weighted by molar-refractivity contribution is 0.506. The van der Waals surface area contributed by atoms with Crippen LogP contribution in [-0.4, -0.2) is 25.8 Å². The maximum absolute atomic E-state index is 13.8. The van der Waals surface area contributed by atoms with Crippen LogP contribution in [0.4, 0.5) is 8.78 Å². The number of rotatable bonds is 3. The van der Waals surface area contributed by atoms with E-state index in [1.165, 1.54) is 10.6 Å². The first-order valence-corrected chi connectivity index (χ1v) is 7.43. The Morgan fingerprint density at radius 2 is 2.17 bits per heavy atom. The molecule has 18 heavy (non-hydrogen) atoms. The molecule has 1 N–H and O–H groups in total. The fraction of sp³-hybridized carbons (Fsp3) is 0.364. The number of nitrogens with one attached hydrogen (secondary N) is 1. The Labute approximate surface area is 110 Å². The first-order valence-electron chi connectivity index (χ1n) is 5.30. The largest absolute Gasteiger partial charge is 0.330 e. The lowest BCUT2D eigenvalue weighted by Crippen LogP contribution is -2.13. The van der Waals surface area contributed by atoms with Crippen molar-refractivity contribution in [3.05, 3.63) is 28.5 Å². The highest BCUT2D eigenvalue weighted by Crippen LogP contribution is 2.24. The molecule has 7 heteroatoms. The molecule has 3 nitrogen and oxygen atoms in total. The van der Waals surface area contributed by atoms with Gasteiger partial charge in [-0.3, -0.25) is 4.21 Å². The highest BCUT2D eigenvalue weighted by Gasteiger charge is 2.17. The summed E-state index contributed by atoms with van der Waals surface area (Å²) in [6.45, 7) is 1.77. The maximum atomic E-state index is 13.8. The van der Waals surface area contributed by atoms with E-state index in [-0.39, 0.29) is 11.6 Å². The molecule has 0 aliphatic rings. The summed E-state index contributed by atoms with van der Waals surface area (Å²) in [5, 5.41) is 0. The summed E-state index contributed by atoms with van der Waals surface area (Å²) in [5.41, 5.74) is 0.533. The molecule has 1 aromatic carbocycles. The molecule has 0 amide bonds. The molecule has 0 fully saturated rings. The minimum atomic E-state index is -1.04. The second-order valence-corrected chi connectivity index (χ2v) is 6.01. The molecule has 1 heterocycles. The van der Waals surface area contributed by atoms with E-state index in [0.29, 0.717) is 16.0 Å². The summed E-state index contributed by atoms with van der Waals surface area (Å²) in [6.07, 6.45) is 1.56. The van der Waals surface area contributed by atoms with E-state index >= 15 is 0 Å². The molecule has 2 rings (SSSR count). The zero-order valence-electron chi connectivity index (χ0n) is 9.87. The van der Waals surface area contributed by atoms with Gasteiger partial charge in [-0.25, -0.2) is 8.78 Å². The summed E-state index contributed by atoms with van der Waals surface area (Å²) >= 11 is 5.10. The molecule has 0 saturated heterocycles. The van der Waals surface area contributed by atoms with Crippen LogP contribution in [0.25, 0.3) is 11.0 Å². The Hall–Kier alpha value is -1.08. The minimum Gasteiger partial charge on any atom is -0.330 e. The first-order chi connectivity index (χ1) is 8.41. The summed E-state index contributed by atoms with van der Waals surface area (Å²) in [4.78, 5) is 2.82. The molecule has 0 bridgehead atoms. The topological polar surface area (TPSA) is 37.8 Å². The van der Waals surface area contributed by atoms with Gasteiger partial charge < -0.3 is 9.55 Å². The Kier molecular flexibility index (Phi) is 3.63. The van der Waals surface area contributed by atoms with Gasteiger partial charge in [0.05, 0.1) is 5.52 Å². The molecule has 98 valence electrons. The average molecular weight is 290 g/mol. The van der Waals surface area contributed by atoms with Crippen LogP contribution in [-0.2, 0) is 10.8 Å². The highest BCUT2D eigenvalue weighted by atomic mass is 32.2. The third-order valence-electron chi connectivity index (χ3n) is 2.69. The molecule has 1 aromatic heterocycles. The van der Waals surface area contributed by atoms with E-state index < -0.39 is 22.4 Å². The van der Waals surface area contributed by atoms with Gasteiger partial charge in [-0.2, -0.15) is 0 Å². The molecule has 0 radical (unpaired) electrons. The van der Waals surface area contributed by atoms with Gasteiger partial charge in [0, 0.05) is 28.9 Å². The molecule has 0 aliphatic carbocycles. The van der Waals surface area contributed by atoms with Crippen molar-refractivity contribution < 1.29 is 13.0 Å². The van der Waals surface area contributed by atoms with Gasteiger partial charge in [-0.05, 0) is 31.3 Å². The number of hydrogen-bond donors (Lipinski definition) is 1. The van der Waals surface area contributed by atoms with Crippen LogP contribution in [0, 0.1) is 16.4 Å². The number of H-pyrrole nitrogens is 1. The van der Waals surface area contributed by atoms with Crippen LogP contribution in [0.5, 0.6) is 0 Å². The van der Waals surface area contributed by atoms with E-state index in [1.54, 1.807) is 13.2 Å². The molecular formula is C11H12F2N2OS2. The quantitative estimate of drug-likeness (QED) is 0.883. The zero-order chi connectivity index (χ0) is 13.4. The Morgan fingerprint density at radius 3 is 2.78 bits per heavy atom. The number of benzene rings is 1. The predicted octanol–water partition coefficient (Wildman–Crippen LogP) is 2.92. The highest BCUT2D eigenvalue weighted by molar-refractivity contribution is 7.84. The number of imidazole rings is 1. The van der Waals surface area contributed by atoms with Crippen molar-refractivity contribution in [2.75, 3.05) is 12.0 Å². The van der Waals surface area contributed by atoms with E-state index in [9.17, 15) is 13.0 Å². The molecular weight excluding hydrogens is 278 g/mol. The normalized spacial score (nSPS) is 14.9. The molecule has 0 aliphatic heterocycles. The monoisotopic (exact) mass is 290 g/mol. The maximum Gasteiger partial charge on any atom is 0.184 e. The Bertz CT molecular complexity index is 677. The van der Waals surface area contributed by atoms with Crippen LogP contribution in [0.1, 0.15) is 13.0 Å². The molecule has 0 saturated carbocycles. The van der Waals surface area contributed by atoms with Crippen molar-refractivity contribution in [1.29, 1.82) is 0 Å². The molecule has 2 atom stereocenters. The third-order valence-corrected chi connectivity index (χ3v) is 3.94. The SMILES string of the molecule is CC(CS(C)=O)n1c(=S)[nH]c2ccc(F)c(F)c21. The summed E-state index contributed by atoms with van der Waals surface area (Å²) in [5.74, 6) is -1.53. The first kappa shape index (κ1) is 13.4. The van der Waals surface area contributed by atoms with E-state index in [1.807, 2.05) is 0 Å². The minimum absolute atomic E-state index is 0.0953. The molecule has 2 aromatic rings. The van der Waals surface area contributed by atoms with Crippen LogP contribution < -0.4 is 0 Å². The van der Waals surface area contributed by atoms with Crippen LogP contribution in [0.3, 0.4) is 0 Å². The summed E-state index contributed by atoms with van der Waals surface area (Å²) < 4.78 is 40.1. The number of aromatic amines is 1. The van der Waals surface area contributed by atoms with Crippen molar-refractivity contribution in [1.82, 2.24) is 9.55 Å². The Morgan fingerprint density at radius 1 is 1.50 bits per heavy atom. The number of nitrogens with zero attached hydrogens (tertiary/aromatic N) is 1. The van der Waals surface area contributed by atoms with E-state index in [0.717, 1.165) is 6.07 Å². The zero-order valence-corrected chi connectivity index (χ0v) is 11.5. The van der Waals surface area contributed by atoms with E-state index in [2.05, 4.69) is 4.98 Å². The number of aromatic nitrogens is 2. The van der Waals surface area contributed by atoms with Gasteiger partial charge in [0.2, 0.25) is 0 Å². The number of halogens is 2. The summed E-state index contributed by atoms with van der Waals surface area (Å²) in [7, 11) is -1.04. The fourth-order valence-electron chi connectivity index (χ4n) is 1.99. The van der Waals surface area contributed by atoms with Crippen molar-refractivity contribution in [3.63, 3.8) is 0 Å². The van der Waals surface area contributed by atoms with Crippen molar-refractivity contribution in [2.24, 2.45) is 0 Å². The lowest BCUT2D eigenvalue weighted by atomic mass is 10.2. The predicted molar refractivity (Wildman–Crippen MR) is 70.7 cm³/mol. The Balaban J connectivity index is 2.69. The van der Waals surface area contributed by atoms with Crippen LogP contribution >= 0.6 is 12.2 Å². The van der Waals surface area contributed by atoms with Gasteiger partial charge >= 0.3 is 0 Å². The van der Waals surface area contributed by atoms with Crippen molar-refractivity contribution in [3.8, 4) is 0 Å². The van der Waals surface area contributed by atoms with Gasteiger partial charge in [-0.15, -0.1) is 0 Å². The van der Waals surface area contributed by atoms with Gasteiger partial charge in [-0.1, -0.05) is 0 Å². The second kappa shape index (κ2) is 4.89. The van der Waals surface area contributed by atoms with Gasteiger partial charge in [0.15, 0.2) is 16.4 Å². The molecule has 2 unspecified atom stereocenters. The standard InChI is InChI=1S/C11H12F2N2OS2/c1-6(5-18(2)16)15-10-8(14-11(15)17)4-3-7(12)9(10)13/h3-4,6H,5H2,1-2H3,(H,14,17). The van der Waals surface area contributed by atoms with Crippen LogP contribution in [0.15, 0.2) is 12.1 Å². The molecule has 0 spiro atoms. The second-order valence-electron chi connectivity index (χ2n) is 4.15.